The zero-order valence-corrected chi connectivity index (χ0v) is 24.1. The van der Waals surface area contributed by atoms with Crippen LogP contribution in [-0.4, -0.2) is 57.5 Å². The van der Waals surface area contributed by atoms with Crippen LogP contribution in [0.3, 0.4) is 0 Å². The topological polar surface area (TPSA) is 135 Å². The summed E-state index contributed by atoms with van der Waals surface area (Å²) in [6, 6.07) is 16.5. The van der Waals surface area contributed by atoms with E-state index in [9.17, 15) is 19.2 Å². The fraction of sp³-hybridized carbons (Fsp3) is 0.267. The molecule has 220 valence electrons. The molecule has 3 aromatic carbocycles. The number of nitrogens with one attached hydrogen (secondary N) is 3. The van der Waals surface area contributed by atoms with E-state index in [4.69, 9.17) is 21.1 Å². The van der Waals surface area contributed by atoms with Crippen molar-refractivity contribution in [1.29, 1.82) is 0 Å². The minimum Gasteiger partial charge on any atom is -0.469 e. The molecule has 1 heterocycles. The van der Waals surface area contributed by atoms with Crippen molar-refractivity contribution in [2.24, 2.45) is 0 Å². The van der Waals surface area contributed by atoms with E-state index in [1.807, 2.05) is 55.4 Å². The molecule has 12 heteroatoms. The number of carbonyl (C=O) groups is 4. The van der Waals surface area contributed by atoms with Gasteiger partial charge < -0.3 is 35.1 Å². The Bertz CT molecular complexity index is 1480. The summed E-state index contributed by atoms with van der Waals surface area (Å²) in [5, 5.41) is 8.41. The van der Waals surface area contributed by atoms with Crippen LogP contribution >= 0.6 is 11.6 Å². The first-order valence-corrected chi connectivity index (χ1v) is 13.5. The predicted octanol–water partition coefficient (Wildman–Crippen LogP) is 4.36. The smallest absolute Gasteiger partial charge is 0.305 e. The second kappa shape index (κ2) is 13.8. The van der Waals surface area contributed by atoms with E-state index in [0.717, 1.165) is 5.56 Å². The molecular weight excluding hydrogens is 564 g/mol. The Labute approximate surface area is 248 Å². The molecule has 1 aliphatic rings. The third kappa shape index (κ3) is 7.56. The van der Waals surface area contributed by atoms with Crippen molar-refractivity contribution in [3.63, 3.8) is 0 Å². The number of hydrogen-bond donors (Lipinski definition) is 3. The lowest BCUT2D eigenvalue weighted by Crippen LogP contribution is -2.41. The second-order valence-corrected chi connectivity index (χ2v) is 10.0. The maximum Gasteiger partial charge on any atom is 0.305 e. The summed E-state index contributed by atoms with van der Waals surface area (Å²) in [5.41, 5.74) is 2.03. The molecule has 0 aromatic heterocycles. The van der Waals surface area contributed by atoms with Crippen molar-refractivity contribution < 1.29 is 33.4 Å². The summed E-state index contributed by atoms with van der Waals surface area (Å²) >= 11 is 6.60. The molecule has 42 heavy (non-hydrogen) atoms. The third-order valence-corrected chi connectivity index (χ3v) is 6.75. The van der Waals surface area contributed by atoms with Crippen LogP contribution in [0.1, 0.15) is 28.8 Å². The molecule has 0 unspecified atom stereocenters. The largest absolute Gasteiger partial charge is 0.469 e. The molecular formula is C30H31ClN4O7. The van der Waals surface area contributed by atoms with Gasteiger partial charge >= 0.3 is 5.97 Å². The predicted molar refractivity (Wildman–Crippen MR) is 158 cm³/mol. The van der Waals surface area contributed by atoms with Crippen molar-refractivity contribution in [3.05, 3.63) is 76.8 Å². The molecule has 0 saturated heterocycles. The van der Waals surface area contributed by atoms with Gasteiger partial charge in [0.2, 0.25) is 11.8 Å². The van der Waals surface area contributed by atoms with Crippen molar-refractivity contribution in [2.75, 3.05) is 43.3 Å². The summed E-state index contributed by atoms with van der Waals surface area (Å²) < 4.78 is 16.3. The first-order valence-electron chi connectivity index (χ1n) is 13.1. The van der Waals surface area contributed by atoms with Gasteiger partial charge in [-0.3, -0.25) is 19.2 Å². The molecule has 1 atom stereocenters. The molecule has 1 aliphatic heterocycles. The summed E-state index contributed by atoms with van der Waals surface area (Å²) in [5.74, 6) is -1.69. The lowest BCUT2D eigenvalue weighted by atomic mass is 10.1. The first kappa shape index (κ1) is 30.4. The highest BCUT2D eigenvalue weighted by atomic mass is 35.5. The van der Waals surface area contributed by atoms with Crippen molar-refractivity contribution in [3.8, 4) is 11.5 Å². The molecule has 3 N–H and O–H groups in total. The number of amides is 3. The Morgan fingerprint density at radius 3 is 2.50 bits per heavy atom. The molecule has 11 nitrogen and oxygen atoms in total. The highest BCUT2D eigenvalue weighted by molar-refractivity contribution is 6.34. The van der Waals surface area contributed by atoms with E-state index in [1.165, 1.54) is 19.2 Å². The van der Waals surface area contributed by atoms with Gasteiger partial charge in [0.15, 0.2) is 5.75 Å². The van der Waals surface area contributed by atoms with Crippen LogP contribution in [0.25, 0.3) is 0 Å². The SMILES string of the molecule is COC(=O)CC[C@H]1NC(=O)c2cc(Oc3cccc(N(C)C)c3Cl)c(NC(=O)COCc3ccccc3)cc2NC1=O. The lowest BCUT2D eigenvalue weighted by molar-refractivity contribution is -0.140. The van der Waals surface area contributed by atoms with Gasteiger partial charge in [-0.15, -0.1) is 0 Å². The van der Waals surface area contributed by atoms with Gasteiger partial charge in [0.1, 0.15) is 23.4 Å². The van der Waals surface area contributed by atoms with Gasteiger partial charge in [-0.2, -0.15) is 0 Å². The Hall–Kier alpha value is -4.61. The van der Waals surface area contributed by atoms with Gasteiger partial charge in [0.05, 0.1) is 36.3 Å². The van der Waals surface area contributed by atoms with Crippen LogP contribution in [0.5, 0.6) is 11.5 Å². The van der Waals surface area contributed by atoms with Crippen LogP contribution in [0.15, 0.2) is 60.7 Å². The quantitative estimate of drug-likeness (QED) is 0.279. The Morgan fingerprint density at radius 2 is 1.79 bits per heavy atom. The molecule has 3 aromatic rings. The van der Waals surface area contributed by atoms with Gasteiger partial charge in [-0.1, -0.05) is 48.0 Å². The molecule has 0 fully saturated rings. The highest BCUT2D eigenvalue weighted by Crippen LogP contribution is 2.40. The van der Waals surface area contributed by atoms with Crippen LogP contribution in [0.2, 0.25) is 5.02 Å². The number of rotatable bonds is 11. The van der Waals surface area contributed by atoms with Crippen molar-refractivity contribution in [1.82, 2.24) is 5.32 Å². The van der Waals surface area contributed by atoms with E-state index in [2.05, 4.69) is 20.7 Å². The van der Waals surface area contributed by atoms with Crippen LogP contribution in [0, 0.1) is 0 Å². The van der Waals surface area contributed by atoms with Gasteiger partial charge in [0.25, 0.3) is 5.91 Å². The molecule has 0 spiro atoms. The van der Waals surface area contributed by atoms with Crippen LogP contribution in [0.4, 0.5) is 17.1 Å². The van der Waals surface area contributed by atoms with Gasteiger partial charge in [-0.05, 0) is 36.2 Å². The monoisotopic (exact) mass is 594 g/mol. The molecule has 4 rings (SSSR count). The normalized spacial score (nSPS) is 14.1. The summed E-state index contributed by atoms with van der Waals surface area (Å²) in [6.07, 6.45) is -0.0263. The molecule has 0 aliphatic carbocycles. The Kier molecular flexibility index (Phi) is 10.00. The Morgan fingerprint density at radius 1 is 1.02 bits per heavy atom. The number of ether oxygens (including phenoxy) is 3. The van der Waals surface area contributed by atoms with Crippen LogP contribution in [-0.2, 0) is 30.5 Å². The molecule has 0 saturated carbocycles. The molecule has 0 radical (unpaired) electrons. The number of carbonyl (C=O) groups excluding carboxylic acids is 4. The third-order valence-electron chi connectivity index (χ3n) is 6.37. The van der Waals surface area contributed by atoms with Gasteiger partial charge in [0, 0.05) is 20.5 Å². The number of methoxy groups -OCH3 is 1. The van der Waals surface area contributed by atoms with Gasteiger partial charge in [-0.25, -0.2) is 0 Å². The molecule has 0 bridgehead atoms. The average molecular weight is 595 g/mol. The van der Waals surface area contributed by atoms with E-state index in [-0.39, 0.29) is 54.5 Å². The number of fused-ring (bicyclic) bond motifs is 1. The van der Waals surface area contributed by atoms with Crippen molar-refractivity contribution >= 4 is 52.4 Å². The van der Waals surface area contributed by atoms with E-state index in [0.29, 0.717) is 10.7 Å². The van der Waals surface area contributed by atoms with Crippen molar-refractivity contribution in [2.45, 2.75) is 25.5 Å². The van der Waals surface area contributed by atoms with E-state index in [1.54, 1.807) is 12.1 Å². The summed E-state index contributed by atoms with van der Waals surface area (Å²) in [4.78, 5) is 52.4. The number of esters is 1. The number of halogens is 1. The summed E-state index contributed by atoms with van der Waals surface area (Å²) in [6.45, 7) is -0.0251. The maximum absolute atomic E-state index is 13.2. The average Bonchev–Trinajstić information content (AvgIpc) is 3.08. The Balaban J connectivity index is 1.62. The highest BCUT2D eigenvalue weighted by Gasteiger charge is 2.30. The second-order valence-electron chi connectivity index (χ2n) is 9.64. The zero-order chi connectivity index (χ0) is 30.2. The minimum atomic E-state index is -0.982. The lowest BCUT2D eigenvalue weighted by Gasteiger charge is -2.19. The van der Waals surface area contributed by atoms with E-state index >= 15 is 0 Å². The summed E-state index contributed by atoms with van der Waals surface area (Å²) in [7, 11) is 4.91. The number of benzene rings is 3. The number of anilines is 3. The molecule has 3 amide bonds. The fourth-order valence-electron chi connectivity index (χ4n) is 4.21. The maximum atomic E-state index is 13.2. The number of nitrogens with zero attached hydrogens (tertiary/aromatic N) is 1. The minimum absolute atomic E-state index is 0.0386. The van der Waals surface area contributed by atoms with Crippen LogP contribution < -0.4 is 25.6 Å². The number of hydrogen-bond acceptors (Lipinski definition) is 8. The zero-order valence-electron chi connectivity index (χ0n) is 23.4. The van der Waals surface area contributed by atoms with E-state index < -0.39 is 29.7 Å². The standard InChI is InChI=1S/C30H31ClN4O7/c1-35(2)23-10-7-11-24(28(23)31)42-25-14-19-21(34-30(39)20(33-29(19)38)12-13-27(37)40-3)15-22(25)32-26(36)17-41-16-18-8-5-4-6-9-18/h4-11,14-15,20H,12-13,16-17H2,1-3H3,(H,32,36)(H,33,38)(H,34,39)/t20-/m1/s1. The fourth-order valence-corrected chi connectivity index (χ4v) is 4.54. The first-order chi connectivity index (χ1) is 20.2.